The number of hydrogen-bond acceptors (Lipinski definition) is 7. The number of para-hydroxylation sites is 1. The average Bonchev–Trinajstić information content (AvgIpc) is 3.03. The van der Waals surface area contributed by atoms with Crippen LogP contribution in [0.4, 0.5) is 5.69 Å². The van der Waals surface area contributed by atoms with E-state index in [4.69, 9.17) is 14.5 Å². The summed E-state index contributed by atoms with van der Waals surface area (Å²) in [7, 11) is 3.21. The summed E-state index contributed by atoms with van der Waals surface area (Å²) < 4.78 is 12.3. The lowest BCUT2D eigenvalue weighted by Crippen LogP contribution is -2.34. The molecule has 34 heavy (non-hydrogen) atoms. The fraction of sp³-hybridized carbons (Fsp3) is 0.320. The second-order valence-corrected chi connectivity index (χ2v) is 9.15. The highest BCUT2D eigenvalue weighted by Gasteiger charge is 2.29. The summed E-state index contributed by atoms with van der Waals surface area (Å²) in [5, 5.41) is 10.8. The SMILES string of the molecule is CCCCn1c(O)c(C2=Nc3ccccc3SC(c3cc(OC)ccc3OC)C2)c(=O)[nH]c1=O. The zero-order valence-electron chi connectivity index (χ0n) is 19.3. The van der Waals surface area contributed by atoms with Gasteiger partial charge in [0, 0.05) is 28.7 Å². The summed E-state index contributed by atoms with van der Waals surface area (Å²) in [4.78, 5) is 33.4. The van der Waals surface area contributed by atoms with E-state index >= 15 is 0 Å². The van der Waals surface area contributed by atoms with Gasteiger partial charge in [0.15, 0.2) is 0 Å². The van der Waals surface area contributed by atoms with Crippen LogP contribution in [0.15, 0.2) is 61.9 Å². The molecule has 0 spiro atoms. The first-order valence-corrected chi connectivity index (χ1v) is 12.0. The van der Waals surface area contributed by atoms with Gasteiger partial charge in [-0.05, 0) is 36.8 Å². The van der Waals surface area contributed by atoms with Gasteiger partial charge in [-0.25, -0.2) is 4.79 Å². The Balaban J connectivity index is 1.90. The standard InChI is InChI=1S/C25H27N3O5S/c1-4-5-12-28-24(30)22(23(29)27-25(28)31)18-14-21(34-20-9-7-6-8-17(20)26-18)16-13-15(32-2)10-11-19(16)33-3/h6-11,13,21,30H,4-5,12,14H2,1-3H3,(H,27,29,31). The van der Waals surface area contributed by atoms with Gasteiger partial charge in [0.25, 0.3) is 5.56 Å². The maximum Gasteiger partial charge on any atom is 0.331 e. The fourth-order valence-corrected chi connectivity index (χ4v) is 5.23. The van der Waals surface area contributed by atoms with Crippen LogP contribution in [0.2, 0.25) is 0 Å². The number of methoxy groups -OCH3 is 2. The number of thioether (sulfide) groups is 1. The Labute approximate surface area is 201 Å². The number of unbranched alkanes of at least 4 members (excludes halogenated alkanes) is 1. The van der Waals surface area contributed by atoms with Crippen molar-refractivity contribution < 1.29 is 14.6 Å². The molecule has 0 saturated heterocycles. The molecule has 2 N–H and O–H groups in total. The lowest BCUT2D eigenvalue weighted by Gasteiger charge is -2.20. The molecule has 178 valence electrons. The molecule has 1 atom stereocenters. The number of hydrogen-bond donors (Lipinski definition) is 2. The third kappa shape index (κ3) is 4.61. The maximum atomic E-state index is 12.9. The van der Waals surface area contributed by atoms with E-state index in [1.807, 2.05) is 49.4 Å². The predicted octanol–water partition coefficient (Wildman–Crippen LogP) is 4.42. The summed E-state index contributed by atoms with van der Waals surface area (Å²) in [5.41, 5.74) is 0.698. The first-order chi connectivity index (χ1) is 16.5. The number of H-pyrrole nitrogens is 1. The average molecular weight is 482 g/mol. The lowest BCUT2D eigenvalue weighted by atomic mass is 10.0. The molecule has 4 rings (SSSR count). The smallest absolute Gasteiger partial charge is 0.331 e. The van der Waals surface area contributed by atoms with Gasteiger partial charge in [0.2, 0.25) is 5.88 Å². The number of aromatic nitrogens is 2. The molecule has 0 fully saturated rings. The van der Waals surface area contributed by atoms with E-state index in [1.54, 1.807) is 26.0 Å². The van der Waals surface area contributed by atoms with Crippen molar-refractivity contribution in [3.63, 3.8) is 0 Å². The van der Waals surface area contributed by atoms with Gasteiger partial charge in [-0.1, -0.05) is 25.5 Å². The number of nitrogens with one attached hydrogen (secondary N) is 1. The highest BCUT2D eigenvalue weighted by atomic mass is 32.2. The van der Waals surface area contributed by atoms with Gasteiger partial charge in [-0.2, -0.15) is 0 Å². The van der Waals surface area contributed by atoms with E-state index in [-0.39, 0.29) is 16.7 Å². The minimum atomic E-state index is -0.658. The van der Waals surface area contributed by atoms with Crippen LogP contribution in [0.5, 0.6) is 17.4 Å². The predicted molar refractivity (Wildman–Crippen MR) is 133 cm³/mol. The van der Waals surface area contributed by atoms with Crippen molar-refractivity contribution in [3.05, 3.63) is 74.4 Å². The minimum Gasteiger partial charge on any atom is -0.497 e. The molecule has 2 aromatic carbocycles. The first kappa shape index (κ1) is 23.7. The second kappa shape index (κ2) is 10.2. The van der Waals surface area contributed by atoms with Crippen molar-refractivity contribution in [2.75, 3.05) is 14.2 Å². The normalized spacial score (nSPS) is 15.3. The number of benzene rings is 2. The van der Waals surface area contributed by atoms with Crippen molar-refractivity contribution >= 4 is 23.2 Å². The van der Waals surface area contributed by atoms with E-state index < -0.39 is 11.2 Å². The number of rotatable bonds is 7. The molecule has 1 aromatic heterocycles. The van der Waals surface area contributed by atoms with Gasteiger partial charge in [-0.15, -0.1) is 11.8 Å². The Morgan fingerprint density at radius 1 is 1.18 bits per heavy atom. The molecule has 3 aromatic rings. The van der Waals surface area contributed by atoms with Crippen LogP contribution < -0.4 is 20.7 Å². The van der Waals surface area contributed by atoms with Crippen LogP contribution >= 0.6 is 11.8 Å². The third-order valence-corrected chi connectivity index (χ3v) is 7.05. The van der Waals surface area contributed by atoms with Gasteiger partial charge < -0.3 is 14.6 Å². The Morgan fingerprint density at radius 3 is 2.71 bits per heavy atom. The van der Waals surface area contributed by atoms with Crippen molar-refractivity contribution in [1.29, 1.82) is 0 Å². The number of nitrogens with zero attached hydrogens (tertiary/aromatic N) is 2. The van der Waals surface area contributed by atoms with Crippen molar-refractivity contribution in [2.45, 2.75) is 42.9 Å². The fourth-order valence-electron chi connectivity index (χ4n) is 3.98. The Kier molecular flexibility index (Phi) is 7.12. The molecule has 1 aliphatic rings. The van der Waals surface area contributed by atoms with E-state index in [0.29, 0.717) is 42.3 Å². The Morgan fingerprint density at radius 2 is 1.97 bits per heavy atom. The van der Waals surface area contributed by atoms with Gasteiger partial charge in [0.05, 0.1) is 25.6 Å². The quantitative estimate of drug-likeness (QED) is 0.518. The molecule has 0 radical (unpaired) electrons. The van der Waals surface area contributed by atoms with Crippen LogP contribution in [0.25, 0.3) is 0 Å². The molecule has 0 bridgehead atoms. The van der Waals surface area contributed by atoms with Crippen molar-refractivity contribution in [2.24, 2.45) is 4.99 Å². The number of fused-ring (bicyclic) bond motifs is 1. The maximum absolute atomic E-state index is 12.9. The van der Waals surface area contributed by atoms with E-state index in [2.05, 4.69) is 4.98 Å². The van der Waals surface area contributed by atoms with Crippen LogP contribution in [0.3, 0.4) is 0 Å². The summed E-state index contributed by atoms with van der Waals surface area (Å²) in [6.07, 6.45) is 1.85. The number of aromatic hydroxyl groups is 1. The lowest BCUT2D eigenvalue weighted by molar-refractivity contribution is 0.394. The third-order valence-electron chi connectivity index (χ3n) is 5.75. The largest absolute Gasteiger partial charge is 0.497 e. The molecule has 2 heterocycles. The van der Waals surface area contributed by atoms with E-state index in [9.17, 15) is 14.7 Å². The summed E-state index contributed by atoms with van der Waals surface area (Å²) in [6, 6.07) is 13.2. The van der Waals surface area contributed by atoms with Crippen LogP contribution in [0.1, 0.15) is 42.6 Å². The molecule has 1 aliphatic heterocycles. The van der Waals surface area contributed by atoms with E-state index in [1.165, 1.54) is 4.57 Å². The molecule has 0 aliphatic carbocycles. The van der Waals surface area contributed by atoms with Crippen LogP contribution in [-0.2, 0) is 6.54 Å². The molecule has 0 amide bonds. The molecular formula is C25H27N3O5S. The highest BCUT2D eigenvalue weighted by Crippen LogP contribution is 2.48. The van der Waals surface area contributed by atoms with E-state index in [0.717, 1.165) is 16.9 Å². The summed E-state index contributed by atoms with van der Waals surface area (Å²) in [6.45, 7) is 2.29. The number of aliphatic imine (C=N–C) groups is 1. The molecule has 1 unspecified atom stereocenters. The highest BCUT2D eigenvalue weighted by molar-refractivity contribution is 7.99. The Bertz CT molecular complexity index is 1350. The Hall–Kier alpha value is -3.46. The van der Waals surface area contributed by atoms with Gasteiger partial charge in [0.1, 0.15) is 17.1 Å². The number of aromatic amines is 1. The molecule has 8 nitrogen and oxygen atoms in total. The molecule has 0 saturated carbocycles. The van der Waals surface area contributed by atoms with Crippen LogP contribution in [0, 0.1) is 0 Å². The zero-order valence-corrected chi connectivity index (χ0v) is 20.1. The van der Waals surface area contributed by atoms with Crippen LogP contribution in [-0.4, -0.2) is 34.6 Å². The first-order valence-electron chi connectivity index (χ1n) is 11.1. The summed E-state index contributed by atoms with van der Waals surface area (Å²) in [5.74, 6) is 1.01. The topological polar surface area (TPSA) is 106 Å². The minimum absolute atomic E-state index is 0.0138. The van der Waals surface area contributed by atoms with Crippen molar-refractivity contribution in [1.82, 2.24) is 9.55 Å². The zero-order chi connectivity index (χ0) is 24.2. The number of ether oxygens (including phenoxy) is 2. The van der Waals surface area contributed by atoms with Gasteiger partial charge >= 0.3 is 5.69 Å². The van der Waals surface area contributed by atoms with Crippen molar-refractivity contribution in [3.8, 4) is 17.4 Å². The van der Waals surface area contributed by atoms with Gasteiger partial charge in [-0.3, -0.25) is 19.3 Å². The molecule has 9 heteroatoms. The molecular weight excluding hydrogens is 454 g/mol. The second-order valence-electron chi connectivity index (χ2n) is 7.91. The summed E-state index contributed by atoms with van der Waals surface area (Å²) >= 11 is 1.60. The monoisotopic (exact) mass is 481 g/mol.